The van der Waals surface area contributed by atoms with Crippen molar-refractivity contribution in [2.24, 2.45) is 0 Å². The Kier molecular flexibility index (Phi) is 4.83. The molecule has 0 bridgehead atoms. The Morgan fingerprint density at radius 2 is 1.55 bits per heavy atom. The maximum absolute atomic E-state index is 12.9. The number of aryl methyl sites for hydroxylation is 2. The Bertz CT molecular complexity index is 1200. The second-order valence-electron chi connectivity index (χ2n) is 6.79. The van der Waals surface area contributed by atoms with Gasteiger partial charge in [-0.2, -0.15) is 0 Å². The van der Waals surface area contributed by atoms with Crippen molar-refractivity contribution in [1.82, 2.24) is 4.98 Å². The number of furan rings is 1. The third-order valence-corrected chi connectivity index (χ3v) is 4.48. The van der Waals surface area contributed by atoms with Gasteiger partial charge in [0, 0.05) is 22.5 Å². The van der Waals surface area contributed by atoms with Crippen LogP contribution in [-0.2, 0) is 0 Å². The van der Waals surface area contributed by atoms with E-state index in [9.17, 15) is 9.59 Å². The number of aromatic nitrogens is 1. The maximum Gasteiger partial charge on any atom is 0.291 e. The first-order valence-electron chi connectivity index (χ1n) is 9.14. The number of fused-ring (bicyclic) bond motifs is 1. The standard InChI is InChI=1S/C23H19N3O3/c1-14-5-10-20-18(12-14)19(13-15(2)24-20)22(27)25-16-6-8-17(9-7-16)26-23(28)21-4-3-11-29-21/h3-13H,1-2H3,(H,25,27)(H,26,28). The summed E-state index contributed by atoms with van der Waals surface area (Å²) in [5, 5.41) is 6.46. The summed E-state index contributed by atoms with van der Waals surface area (Å²) in [4.78, 5) is 29.4. The average Bonchev–Trinajstić information content (AvgIpc) is 3.24. The number of carbonyl (C=O) groups is 2. The highest BCUT2D eigenvalue weighted by Crippen LogP contribution is 2.22. The molecule has 0 radical (unpaired) electrons. The quantitative estimate of drug-likeness (QED) is 0.521. The number of rotatable bonds is 4. The molecule has 0 spiro atoms. The van der Waals surface area contributed by atoms with Gasteiger partial charge in [0.1, 0.15) is 0 Å². The normalized spacial score (nSPS) is 10.7. The molecule has 2 N–H and O–H groups in total. The summed E-state index contributed by atoms with van der Waals surface area (Å²) < 4.78 is 5.07. The van der Waals surface area contributed by atoms with Crippen molar-refractivity contribution in [3.8, 4) is 0 Å². The summed E-state index contributed by atoms with van der Waals surface area (Å²) in [5.74, 6) is -0.308. The summed E-state index contributed by atoms with van der Waals surface area (Å²) in [5.41, 5.74) is 4.44. The maximum atomic E-state index is 12.9. The number of nitrogens with zero attached hydrogens (tertiary/aromatic N) is 1. The average molecular weight is 385 g/mol. The van der Waals surface area contributed by atoms with Crippen molar-refractivity contribution in [2.45, 2.75) is 13.8 Å². The molecule has 2 aromatic carbocycles. The van der Waals surface area contributed by atoms with Gasteiger partial charge in [0.2, 0.25) is 0 Å². The minimum Gasteiger partial charge on any atom is -0.459 e. The Morgan fingerprint density at radius 1 is 0.862 bits per heavy atom. The lowest BCUT2D eigenvalue weighted by Crippen LogP contribution is -2.14. The van der Waals surface area contributed by atoms with Gasteiger partial charge in [-0.05, 0) is 68.4 Å². The van der Waals surface area contributed by atoms with Crippen LogP contribution >= 0.6 is 0 Å². The molecule has 4 rings (SSSR count). The van der Waals surface area contributed by atoms with Gasteiger partial charge in [0.05, 0.1) is 17.3 Å². The van der Waals surface area contributed by atoms with Crippen molar-refractivity contribution in [3.63, 3.8) is 0 Å². The molecular weight excluding hydrogens is 366 g/mol. The SMILES string of the molecule is Cc1ccc2nc(C)cc(C(=O)Nc3ccc(NC(=O)c4ccco4)cc3)c2c1. The fourth-order valence-electron chi connectivity index (χ4n) is 3.10. The van der Waals surface area contributed by atoms with Crippen molar-refractivity contribution >= 4 is 34.1 Å². The number of carbonyl (C=O) groups excluding carboxylic acids is 2. The number of anilines is 2. The number of benzene rings is 2. The van der Waals surface area contributed by atoms with Gasteiger partial charge in [-0.25, -0.2) is 0 Å². The van der Waals surface area contributed by atoms with Crippen LogP contribution < -0.4 is 10.6 Å². The van der Waals surface area contributed by atoms with Gasteiger partial charge in [-0.1, -0.05) is 11.6 Å². The lowest BCUT2D eigenvalue weighted by atomic mass is 10.0. The van der Waals surface area contributed by atoms with E-state index in [0.717, 1.165) is 22.2 Å². The van der Waals surface area contributed by atoms with E-state index in [1.165, 1.54) is 6.26 Å². The fraction of sp³-hybridized carbons (Fsp3) is 0.0870. The highest BCUT2D eigenvalue weighted by Gasteiger charge is 2.13. The van der Waals surface area contributed by atoms with E-state index in [1.54, 1.807) is 42.5 Å². The van der Waals surface area contributed by atoms with Crippen LogP contribution in [0.25, 0.3) is 10.9 Å². The van der Waals surface area contributed by atoms with Crippen LogP contribution in [0.3, 0.4) is 0 Å². The largest absolute Gasteiger partial charge is 0.459 e. The molecule has 0 aliphatic heterocycles. The van der Waals surface area contributed by atoms with Gasteiger partial charge in [-0.3, -0.25) is 14.6 Å². The number of pyridine rings is 1. The Balaban J connectivity index is 1.52. The van der Waals surface area contributed by atoms with Gasteiger partial charge in [0.25, 0.3) is 11.8 Å². The van der Waals surface area contributed by atoms with E-state index < -0.39 is 0 Å². The highest BCUT2D eigenvalue weighted by atomic mass is 16.3. The van der Waals surface area contributed by atoms with E-state index in [1.807, 2.05) is 32.0 Å². The summed E-state index contributed by atoms with van der Waals surface area (Å²) >= 11 is 0. The third kappa shape index (κ3) is 4.01. The van der Waals surface area contributed by atoms with Crippen LogP contribution in [-0.4, -0.2) is 16.8 Å². The van der Waals surface area contributed by atoms with Crippen molar-refractivity contribution in [2.75, 3.05) is 10.6 Å². The number of hydrogen-bond donors (Lipinski definition) is 2. The van der Waals surface area contributed by atoms with Crippen molar-refractivity contribution < 1.29 is 14.0 Å². The van der Waals surface area contributed by atoms with E-state index in [2.05, 4.69) is 15.6 Å². The number of hydrogen-bond acceptors (Lipinski definition) is 4. The van der Waals surface area contributed by atoms with Gasteiger partial charge >= 0.3 is 0 Å². The zero-order valence-electron chi connectivity index (χ0n) is 16.0. The van der Waals surface area contributed by atoms with Crippen LogP contribution in [0.5, 0.6) is 0 Å². The molecule has 0 saturated heterocycles. The minimum atomic E-state index is -0.333. The molecule has 0 atom stereocenters. The zero-order valence-corrected chi connectivity index (χ0v) is 16.0. The molecular formula is C23H19N3O3. The molecule has 2 amide bonds. The summed E-state index contributed by atoms with van der Waals surface area (Å²) in [6.07, 6.45) is 1.44. The van der Waals surface area contributed by atoms with Crippen LogP contribution in [0.15, 0.2) is 71.3 Å². The fourth-order valence-corrected chi connectivity index (χ4v) is 3.10. The predicted octanol–water partition coefficient (Wildman–Crippen LogP) is 4.95. The highest BCUT2D eigenvalue weighted by molar-refractivity contribution is 6.12. The smallest absolute Gasteiger partial charge is 0.291 e. The lowest BCUT2D eigenvalue weighted by Gasteiger charge is -2.10. The molecule has 0 aliphatic carbocycles. The lowest BCUT2D eigenvalue weighted by molar-refractivity contribution is 0.0994. The monoisotopic (exact) mass is 385 g/mol. The molecule has 6 heteroatoms. The second kappa shape index (κ2) is 7.59. The van der Waals surface area contributed by atoms with Crippen LogP contribution in [0.2, 0.25) is 0 Å². The molecule has 0 saturated carbocycles. The topological polar surface area (TPSA) is 84.2 Å². The van der Waals surface area contributed by atoms with Crippen molar-refractivity contribution in [1.29, 1.82) is 0 Å². The van der Waals surface area contributed by atoms with Gasteiger partial charge in [0.15, 0.2) is 5.76 Å². The van der Waals surface area contributed by atoms with Gasteiger partial charge in [-0.15, -0.1) is 0 Å². The number of nitrogens with one attached hydrogen (secondary N) is 2. The molecule has 2 heterocycles. The molecule has 144 valence electrons. The Morgan fingerprint density at radius 3 is 2.21 bits per heavy atom. The summed E-state index contributed by atoms with van der Waals surface area (Å²) in [7, 11) is 0. The van der Waals surface area contributed by atoms with Crippen LogP contribution in [0, 0.1) is 13.8 Å². The zero-order chi connectivity index (χ0) is 20.4. The first-order valence-corrected chi connectivity index (χ1v) is 9.14. The molecule has 29 heavy (non-hydrogen) atoms. The molecule has 4 aromatic rings. The van der Waals surface area contributed by atoms with E-state index in [-0.39, 0.29) is 17.6 Å². The number of amides is 2. The van der Waals surface area contributed by atoms with E-state index in [0.29, 0.717) is 16.9 Å². The van der Waals surface area contributed by atoms with E-state index in [4.69, 9.17) is 4.42 Å². The van der Waals surface area contributed by atoms with Gasteiger partial charge < -0.3 is 15.1 Å². The molecule has 0 fully saturated rings. The molecule has 6 nitrogen and oxygen atoms in total. The molecule has 0 unspecified atom stereocenters. The summed E-state index contributed by atoms with van der Waals surface area (Å²) in [6.45, 7) is 3.85. The van der Waals surface area contributed by atoms with Crippen LogP contribution in [0.1, 0.15) is 32.2 Å². The van der Waals surface area contributed by atoms with Crippen molar-refractivity contribution in [3.05, 3.63) is 89.5 Å². The first-order chi connectivity index (χ1) is 14.0. The molecule has 2 aromatic heterocycles. The predicted molar refractivity (Wildman–Crippen MR) is 112 cm³/mol. The van der Waals surface area contributed by atoms with Crippen LogP contribution in [0.4, 0.5) is 11.4 Å². The van der Waals surface area contributed by atoms with E-state index >= 15 is 0 Å². The second-order valence-corrected chi connectivity index (χ2v) is 6.79. The molecule has 0 aliphatic rings. The Labute approximate surface area is 167 Å². The Hall–Kier alpha value is -3.93. The first kappa shape index (κ1) is 18.4. The third-order valence-electron chi connectivity index (χ3n) is 4.48. The minimum absolute atomic E-state index is 0.210. The summed E-state index contributed by atoms with van der Waals surface area (Å²) in [6, 6.07) is 17.8.